The zero-order valence-corrected chi connectivity index (χ0v) is 19.4. The second-order valence-electron chi connectivity index (χ2n) is 9.47. The van der Waals surface area contributed by atoms with Crippen molar-refractivity contribution in [3.63, 3.8) is 0 Å². The van der Waals surface area contributed by atoms with Gasteiger partial charge in [0, 0.05) is 26.1 Å². The zero-order valence-electron chi connectivity index (χ0n) is 19.4. The van der Waals surface area contributed by atoms with Gasteiger partial charge in [0.25, 0.3) is 11.8 Å². The lowest BCUT2D eigenvalue weighted by Crippen LogP contribution is -2.56. The maximum absolute atomic E-state index is 13.2. The number of nitrogens with one attached hydrogen (secondary N) is 2. The number of amides is 5. The predicted octanol–water partition coefficient (Wildman–Crippen LogP) is 0.676. The molecule has 2 unspecified atom stereocenters. The molecule has 2 saturated heterocycles. The number of piperazine rings is 1. The second kappa shape index (κ2) is 9.05. The Bertz CT molecular complexity index is 1050. The summed E-state index contributed by atoms with van der Waals surface area (Å²) in [4.78, 5) is 65.1. The summed E-state index contributed by atoms with van der Waals surface area (Å²) in [6, 6.07) is 3.27. The SMILES string of the molecule is CC(C)(C)OC(=O)N1CCNCC1COc1cccc2c1C(=O)N(C1CCC(=O)NC1=O)C2=O. The highest BCUT2D eigenvalue weighted by atomic mass is 16.6. The van der Waals surface area contributed by atoms with Gasteiger partial charge in [-0.15, -0.1) is 0 Å². The van der Waals surface area contributed by atoms with Gasteiger partial charge in [-0.2, -0.15) is 0 Å². The summed E-state index contributed by atoms with van der Waals surface area (Å²) in [5.41, 5.74) is -0.428. The molecule has 0 saturated carbocycles. The minimum absolute atomic E-state index is 0.0440. The fourth-order valence-electron chi connectivity index (χ4n) is 4.26. The van der Waals surface area contributed by atoms with Crippen LogP contribution in [0.1, 0.15) is 54.3 Å². The van der Waals surface area contributed by atoms with Crippen LogP contribution >= 0.6 is 0 Å². The molecule has 3 aliphatic rings. The van der Waals surface area contributed by atoms with Crippen LogP contribution in [0, 0.1) is 0 Å². The van der Waals surface area contributed by atoms with E-state index < -0.39 is 41.4 Å². The molecular formula is C23H28N4O7. The molecule has 1 aromatic rings. The summed E-state index contributed by atoms with van der Waals surface area (Å²) in [5, 5.41) is 5.39. The van der Waals surface area contributed by atoms with E-state index in [4.69, 9.17) is 9.47 Å². The van der Waals surface area contributed by atoms with Crippen LogP contribution in [0.25, 0.3) is 0 Å². The first-order chi connectivity index (χ1) is 16.1. The lowest BCUT2D eigenvalue weighted by Gasteiger charge is -2.37. The minimum atomic E-state index is -1.05. The molecule has 2 N–H and O–H groups in total. The van der Waals surface area contributed by atoms with Crippen molar-refractivity contribution in [2.75, 3.05) is 26.2 Å². The molecule has 2 atom stereocenters. The molecule has 0 spiro atoms. The largest absolute Gasteiger partial charge is 0.491 e. The molecule has 11 nitrogen and oxygen atoms in total. The van der Waals surface area contributed by atoms with Crippen LogP contribution in [0.5, 0.6) is 5.75 Å². The van der Waals surface area contributed by atoms with Gasteiger partial charge in [0.15, 0.2) is 0 Å². The van der Waals surface area contributed by atoms with E-state index in [0.717, 1.165) is 4.90 Å². The van der Waals surface area contributed by atoms with Crippen molar-refractivity contribution in [1.29, 1.82) is 0 Å². The summed E-state index contributed by atoms with van der Waals surface area (Å²) in [6.07, 6.45) is -0.330. The molecule has 4 rings (SSSR count). The first-order valence-electron chi connectivity index (χ1n) is 11.2. The van der Waals surface area contributed by atoms with E-state index in [2.05, 4.69) is 10.6 Å². The first-order valence-corrected chi connectivity index (χ1v) is 11.2. The van der Waals surface area contributed by atoms with E-state index in [1.54, 1.807) is 37.8 Å². The average molecular weight is 472 g/mol. The number of carbonyl (C=O) groups is 5. The van der Waals surface area contributed by atoms with Crippen molar-refractivity contribution < 1.29 is 33.4 Å². The van der Waals surface area contributed by atoms with Gasteiger partial charge in [-0.1, -0.05) is 6.07 Å². The van der Waals surface area contributed by atoms with Crippen LogP contribution in [0.4, 0.5) is 4.79 Å². The van der Waals surface area contributed by atoms with Gasteiger partial charge >= 0.3 is 6.09 Å². The number of hydrogen-bond acceptors (Lipinski definition) is 8. The molecule has 0 bridgehead atoms. The molecule has 34 heavy (non-hydrogen) atoms. The number of nitrogens with zero attached hydrogens (tertiary/aromatic N) is 2. The van der Waals surface area contributed by atoms with Gasteiger partial charge in [0.2, 0.25) is 11.8 Å². The fraction of sp³-hybridized carbons (Fsp3) is 0.522. The average Bonchev–Trinajstić information content (AvgIpc) is 3.02. The Balaban J connectivity index is 1.51. The quantitative estimate of drug-likeness (QED) is 0.611. The Morgan fingerprint density at radius 1 is 1.15 bits per heavy atom. The topological polar surface area (TPSA) is 134 Å². The highest BCUT2D eigenvalue weighted by molar-refractivity contribution is 6.24. The van der Waals surface area contributed by atoms with Crippen molar-refractivity contribution in [1.82, 2.24) is 20.4 Å². The van der Waals surface area contributed by atoms with Crippen molar-refractivity contribution in [2.45, 2.75) is 51.3 Å². The number of carbonyl (C=O) groups excluding carboxylic acids is 5. The third-order valence-electron chi connectivity index (χ3n) is 5.84. The van der Waals surface area contributed by atoms with Crippen molar-refractivity contribution in [3.8, 4) is 5.75 Å². The monoisotopic (exact) mass is 472 g/mol. The van der Waals surface area contributed by atoms with Crippen LogP contribution in [0.3, 0.4) is 0 Å². The molecule has 0 aromatic heterocycles. The third-order valence-corrected chi connectivity index (χ3v) is 5.84. The minimum Gasteiger partial charge on any atom is -0.491 e. The van der Waals surface area contributed by atoms with Gasteiger partial charge in [0.1, 0.15) is 24.0 Å². The van der Waals surface area contributed by atoms with Crippen LogP contribution in [0.2, 0.25) is 0 Å². The van der Waals surface area contributed by atoms with Crippen LogP contribution in [-0.4, -0.2) is 83.4 Å². The number of fused-ring (bicyclic) bond motifs is 1. The molecule has 182 valence electrons. The molecule has 3 heterocycles. The van der Waals surface area contributed by atoms with Gasteiger partial charge in [-0.05, 0) is 39.3 Å². The smallest absolute Gasteiger partial charge is 0.410 e. The van der Waals surface area contributed by atoms with Crippen LogP contribution in [-0.2, 0) is 14.3 Å². The number of piperidine rings is 1. The van der Waals surface area contributed by atoms with Gasteiger partial charge in [0.05, 0.1) is 17.2 Å². The molecule has 2 fully saturated rings. The summed E-state index contributed by atoms with van der Waals surface area (Å²) < 4.78 is 11.5. The van der Waals surface area contributed by atoms with E-state index in [1.807, 2.05) is 0 Å². The van der Waals surface area contributed by atoms with E-state index >= 15 is 0 Å². The fourth-order valence-corrected chi connectivity index (χ4v) is 4.26. The lowest BCUT2D eigenvalue weighted by atomic mass is 10.0. The summed E-state index contributed by atoms with van der Waals surface area (Å²) in [6.45, 7) is 6.99. The van der Waals surface area contributed by atoms with Crippen molar-refractivity contribution >= 4 is 29.7 Å². The Morgan fingerprint density at radius 3 is 2.62 bits per heavy atom. The Hall–Kier alpha value is -3.47. The summed E-state index contributed by atoms with van der Waals surface area (Å²) in [7, 11) is 0. The Kier molecular flexibility index (Phi) is 6.30. The van der Waals surface area contributed by atoms with Crippen LogP contribution in [0.15, 0.2) is 18.2 Å². The van der Waals surface area contributed by atoms with E-state index in [-0.39, 0.29) is 42.4 Å². The third kappa shape index (κ3) is 4.60. The number of ether oxygens (including phenoxy) is 2. The van der Waals surface area contributed by atoms with E-state index in [0.29, 0.717) is 19.6 Å². The number of imide groups is 2. The molecular weight excluding hydrogens is 444 g/mol. The zero-order chi connectivity index (χ0) is 24.6. The Morgan fingerprint density at radius 2 is 1.91 bits per heavy atom. The molecule has 3 aliphatic heterocycles. The molecule has 1 aromatic carbocycles. The van der Waals surface area contributed by atoms with Gasteiger partial charge < -0.3 is 14.8 Å². The highest BCUT2D eigenvalue weighted by Gasteiger charge is 2.46. The lowest BCUT2D eigenvalue weighted by molar-refractivity contribution is -0.136. The molecule has 5 amide bonds. The van der Waals surface area contributed by atoms with Crippen molar-refractivity contribution in [2.24, 2.45) is 0 Å². The predicted molar refractivity (Wildman–Crippen MR) is 118 cm³/mol. The number of hydrogen-bond donors (Lipinski definition) is 2. The normalized spacial score (nSPS) is 23.0. The molecule has 0 radical (unpaired) electrons. The maximum Gasteiger partial charge on any atom is 0.410 e. The van der Waals surface area contributed by atoms with Gasteiger partial charge in [-0.25, -0.2) is 4.79 Å². The molecule has 0 aliphatic carbocycles. The second-order valence-corrected chi connectivity index (χ2v) is 9.47. The number of rotatable bonds is 4. The summed E-state index contributed by atoms with van der Waals surface area (Å²) in [5.74, 6) is -2.15. The Labute approximate surface area is 196 Å². The highest BCUT2D eigenvalue weighted by Crippen LogP contribution is 2.33. The maximum atomic E-state index is 13.2. The van der Waals surface area contributed by atoms with Crippen molar-refractivity contribution in [3.05, 3.63) is 29.3 Å². The van der Waals surface area contributed by atoms with E-state index in [9.17, 15) is 24.0 Å². The standard InChI is InChI=1S/C23H28N4O7/c1-23(2,3)34-22(32)26-10-9-24-11-13(26)12-33-16-6-4-5-14-18(16)21(31)27(20(14)30)15-7-8-17(28)25-19(15)29/h4-6,13,15,24H,7-12H2,1-3H3,(H,25,28,29). The summed E-state index contributed by atoms with van der Waals surface area (Å²) >= 11 is 0. The number of benzene rings is 1. The first kappa shape index (κ1) is 23.7. The van der Waals surface area contributed by atoms with E-state index in [1.165, 1.54) is 6.07 Å². The van der Waals surface area contributed by atoms with Gasteiger partial charge in [-0.3, -0.25) is 34.3 Å². The molecule has 11 heteroatoms. The van der Waals surface area contributed by atoms with Crippen LogP contribution < -0.4 is 15.4 Å².